The van der Waals surface area contributed by atoms with E-state index in [0.29, 0.717) is 11.5 Å². The summed E-state index contributed by atoms with van der Waals surface area (Å²) < 4.78 is 35.5. The lowest BCUT2D eigenvalue weighted by Crippen LogP contribution is -2.18. The van der Waals surface area contributed by atoms with E-state index < -0.39 is 10.0 Å². The Kier molecular flexibility index (Phi) is 5.62. The van der Waals surface area contributed by atoms with Crippen LogP contribution >= 0.6 is 15.9 Å². The number of sulfonamides is 1. The Hall–Kier alpha value is -2.06. The van der Waals surface area contributed by atoms with Crippen LogP contribution in [0.4, 0.5) is 0 Å². The number of nitrogens with one attached hydrogen (secondary N) is 1. The molecule has 0 aromatic heterocycles. The molecule has 0 saturated heterocycles. The molecule has 0 fully saturated rings. The molecule has 0 atom stereocenters. The van der Waals surface area contributed by atoms with Gasteiger partial charge in [-0.1, -0.05) is 28.1 Å². The van der Waals surface area contributed by atoms with Crippen LogP contribution in [-0.4, -0.2) is 28.9 Å². The second-order valence-electron chi connectivity index (χ2n) is 4.42. The Morgan fingerprint density at radius 1 is 1.04 bits per heavy atom. The second-order valence-corrected chi connectivity index (χ2v) is 7.00. The maximum atomic E-state index is 12.2. The van der Waals surface area contributed by atoms with E-state index in [0.717, 1.165) is 10.0 Å². The summed E-state index contributed by atoms with van der Waals surface area (Å²) >= 11 is 3.32. The molecule has 23 heavy (non-hydrogen) atoms. The summed E-state index contributed by atoms with van der Waals surface area (Å²) in [4.78, 5) is 2.19. The lowest BCUT2D eigenvalue weighted by atomic mass is 10.2. The van der Waals surface area contributed by atoms with Crippen molar-refractivity contribution in [3.05, 3.63) is 52.5 Å². The van der Waals surface area contributed by atoms with E-state index in [2.05, 4.69) is 25.9 Å². The molecule has 0 radical (unpaired) electrons. The van der Waals surface area contributed by atoms with Gasteiger partial charge in [0, 0.05) is 10.5 Å². The first-order valence-corrected chi connectivity index (χ1v) is 8.76. The Labute approximate surface area is 143 Å². The highest BCUT2D eigenvalue weighted by molar-refractivity contribution is 9.10. The molecule has 0 heterocycles. The van der Waals surface area contributed by atoms with E-state index >= 15 is 0 Å². The Bertz CT molecular complexity index is 805. The van der Waals surface area contributed by atoms with Crippen molar-refractivity contribution >= 4 is 32.2 Å². The fraction of sp³-hybridized carbons (Fsp3) is 0.133. The molecule has 0 aliphatic rings. The molecule has 2 aromatic carbocycles. The minimum Gasteiger partial charge on any atom is -0.493 e. The minimum atomic E-state index is -3.79. The van der Waals surface area contributed by atoms with Gasteiger partial charge in [-0.25, -0.2) is 4.83 Å². The van der Waals surface area contributed by atoms with Crippen LogP contribution in [0.5, 0.6) is 11.5 Å². The largest absolute Gasteiger partial charge is 0.493 e. The third-order valence-corrected chi connectivity index (χ3v) is 4.67. The maximum absolute atomic E-state index is 12.2. The van der Waals surface area contributed by atoms with Crippen molar-refractivity contribution in [2.45, 2.75) is 4.90 Å². The zero-order valence-corrected chi connectivity index (χ0v) is 14.9. The number of hydrogen-bond acceptors (Lipinski definition) is 5. The quantitative estimate of drug-likeness (QED) is 0.599. The normalized spacial score (nSPS) is 11.4. The molecule has 0 aliphatic carbocycles. The van der Waals surface area contributed by atoms with Crippen LogP contribution < -0.4 is 14.3 Å². The molecular weight excluding hydrogens is 384 g/mol. The topological polar surface area (TPSA) is 77.0 Å². The first-order chi connectivity index (χ1) is 11.0. The Morgan fingerprint density at radius 3 is 2.30 bits per heavy atom. The van der Waals surface area contributed by atoms with Crippen LogP contribution in [0.15, 0.2) is 56.9 Å². The van der Waals surface area contributed by atoms with Crippen molar-refractivity contribution in [1.82, 2.24) is 4.83 Å². The zero-order chi connectivity index (χ0) is 16.9. The van der Waals surface area contributed by atoms with E-state index in [4.69, 9.17) is 9.47 Å². The van der Waals surface area contributed by atoms with Crippen molar-refractivity contribution in [2.24, 2.45) is 5.10 Å². The third-order valence-electron chi connectivity index (χ3n) is 2.92. The molecule has 0 aliphatic heterocycles. The molecule has 8 heteroatoms. The molecule has 0 spiro atoms. The fourth-order valence-electron chi connectivity index (χ4n) is 1.76. The van der Waals surface area contributed by atoms with Crippen LogP contribution in [0.2, 0.25) is 0 Å². The maximum Gasteiger partial charge on any atom is 0.276 e. The summed E-state index contributed by atoms with van der Waals surface area (Å²) in [7, 11) is -0.872. The summed E-state index contributed by atoms with van der Waals surface area (Å²) in [5.41, 5.74) is 0.767. The van der Waals surface area contributed by atoms with Crippen LogP contribution in [0.3, 0.4) is 0 Å². The van der Waals surface area contributed by atoms with Gasteiger partial charge in [-0.15, -0.1) is 0 Å². The highest BCUT2D eigenvalue weighted by Crippen LogP contribution is 2.29. The highest BCUT2D eigenvalue weighted by Gasteiger charge is 2.16. The number of hydrazone groups is 1. The van der Waals surface area contributed by atoms with Crippen LogP contribution in [0.25, 0.3) is 0 Å². The SMILES string of the molecule is COc1ccc(S(=O)(=O)N/N=C/c2ccc(Br)cc2)cc1OC. The standard InChI is InChI=1S/C15H15BrN2O4S/c1-21-14-8-7-13(9-15(14)22-2)23(19,20)18-17-10-11-3-5-12(16)6-4-11/h3-10,18H,1-2H3/b17-10+. The summed E-state index contributed by atoms with van der Waals surface area (Å²) in [5, 5.41) is 3.77. The molecule has 122 valence electrons. The van der Waals surface area contributed by atoms with Gasteiger partial charge in [-0.2, -0.15) is 13.5 Å². The van der Waals surface area contributed by atoms with Crippen molar-refractivity contribution in [3.8, 4) is 11.5 Å². The molecule has 0 unspecified atom stereocenters. The number of halogens is 1. The smallest absolute Gasteiger partial charge is 0.276 e. The fourth-order valence-corrected chi connectivity index (χ4v) is 2.83. The molecule has 2 rings (SSSR count). The first kappa shape index (κ1) is 17.3. The number of methoxy groups -OCH3 is 2. The molecule has 0 amide bonds. The van der Waals surface area contributed by atoms with Gasteiger partial charge >= 0.3 is 0 Å². The van der Waals surface area contributed by atoms with Crippen molar-refractivity contribution in [2.75, 3.05) is 14.2 Å². The number of nitrogens with zero attached hydrogens (tertiary/aromatic N) is 1. The van der Waals surface area contributed by atoms with Gasteiger partial charge in [0.2, 0.25) is 0 Å². The second kappa shape index (κ2) is 7.47. The molecule has 0 saturated carbocycles. The minimum absolute atomic E-state index is 0.0307. The summed E-state index contributed by atoms with van der Waals surface area (Å²) in [6.45, 7) is 0. The summed E-state index contributed by atoms with van der Waals surface area (Å²) in [6, 6.07) is 11.6. The highest BCUT2D eigenvalue weighted by atomic mass is 79.9. The summed E-state index contributed by atoms with van der Waals surface area (Å²) in [6.07, 6.45) is 1.42. The number of ether oxygens (including phenoxy) is 2. The van der Waals surface area contributed by atoms with E-state index in [-0.39, 0.29) is 4.90 Å². The summed E-state index contributed by atoms with van der Waals surface area (Å²) in [5.74, 6) is 0.775. The van der Waals surface area contributed by atoms with Crippen molar-refractivity contribution in [1.29, 1.82) is 0 Å². The van der Waals surface area contributed by atoms with Gasteiger partial charge in [0.1, 0.15) is 0 Å². The van der Waals surface area contributed by atoms with Gasteiger partial charge in [0.15, 0.2) is 11.5 Å². The lowest BCUT2D eigenvalue weighted by molar-refractivity contribution is 0.354. The van der Waals surface area contributed by atoms with Gasteiger partial charge in [0.25, 0.3) is 10.0 Å². The number of benzene rings is 2. The van der Waals surface area contributed by atoms with Gasteiger partial charge in [-0.3, -0.25) is 0 Å². The first-order valence-electron chi connectivity index (χ1n) is 6.49. The molecule has 2 aromatic rings. The van der Waals surface area contributed by atoms with Crippen molar-refractivity contribution in [3.63, 3.8) is 0 Å². The predicted octanol–water partition coefficient (Wildman–Crippen LogP) is 2.78. The average molecular weight is 399 g/mol. The van der Waals surface area contributed by atoms with Crippen LogP contribution in [0, 0.1) is 0 Å². The number of hydrogen-bond donors (Lipinski definition) is 1. The van der Waals surface area contributed by atoms with Crippen LogP contribution in [0.1, 0.15) is 5.56 Å². The number of rotatable bonds is 6. The van der Waals surface area contributed by atoms with Crippen LogP contribution in [-0.2, 0) is 10.0 Å². The third kappa shape index (κ3) is 4.46. The molecule has 0 bridgehead atoms. The van der Waals surface area contributed by atoms with E-state index in [9.17, 15) is 8.42 Å². The Morgan fingerprint density at radius 2 is 1.70 bits per heavy atom. The predicted molar refractivity (Wildman–Crippen MR) is 91.6 cm³/mol. The lowest BCUT2D eigenvalue weighted by Gasteiger charge is -2.09. The van der Waals surface area contributed by atoms with E-state index in [1.54, 1.807) is 12.1 Å². The van der Waals surface area contributed by atoms with Gasteiger partial charge in [-0.05, 0) is 29.8 Å². The Balaban J connectivity index is 2.17. The van der Waals surface area contributed by atoms with E-state index in [1.165, 1.54) is 38.6 Å². The molecular formula is C15H15BrN2O4S. The molecule has 1 N–H and O–H groups in total. The van der Waals surface area contributed by atoms with Gasteiger partial charge < -0.3 is 9.47 Å². The zero-order valence-electron chi connectivity index (χ0n) is 12.5. The van der Waals surface area contributed by atoms with Crippen molar-refractivity contribution < 1.29 is 17.9 Å². The average Bonchev–Trinajstić information content (AvgIpc) is 2.55. The molecule has 6 nitrogen and oxygen atoms in total. The monoisotopic (exact) mass is 398 g/mol. The van der Waals surface area contributed by atoms with Gasteiger partial charge in [0.05, 0.1) is 25.3 Å². The van der Waals surface area contributed by atoms with E-state index in [1.807, 2.05) is 12.1 Å².